The number of hydrogen-bond acceptors (Lipinski definition) is 5. The average molecular weight is 408 g/mol. The van der Waals surface area contributed by atoms with E-state index in [4.69, 9.17) is 0 Å². The maximum atomic E-state index is 12.9. The van der Waals surface area contributed by atoms with Gasteiger partial charge in [0.1, 0.15) is 5.82 Å². The molecule has 3 amide bonds. The second-order valence-corrected chi connectivity index (χ2v) is 7.48. The van der Waals surface area contributed by atoms with Crippen molar-refractivity contribution in [1.29, 1.82) is 0 Å². The second-order valence-electron chi connectivity index (χ2n) is 5.73. The van der Waals surface area contributed by atoms with Crippen molar-refractivity contribution in [3.63, 3.8) is 0 Å². The number of rotatable bonds is 5. The quantitative estimate of drug-likeness (QED) is 0.552. The summed E-state index contributed by atoms with van der Waals surface area (Å²) in [5.41, 5.74) is 4.44. The van der Waals surface area contributed by atoms with Crippen molar-refractivity contribution >= 4 is 39.1 Å². The molecular formula is C17H17FN4O5S. The Morgan fingerprint density at radius 3 is 2.11 bits per heavy atom. The number of nitrogens with one attached hydrogen (secondary N) is 4. The molecule has 148 valence electrons. The van der Waals surface area contributed by atoms with Crippen LogP contribution in [0.1, 0.15) is 27.6 Å². The Balaban J connectivity index is 2.22. The zero-order valence-corrected chi connectivity index (χ0v) is 15.7. The minimum atomic E-state index is -3.69. The number of carbonyl (C=O) groups is 3. The second kappa shape index (κ2) is 8.48. The standard InChI is InChI=1S/C17H17FN4O5S/c1-10(23)19-13-7-8-15(22-28(2,26)27)14(9-13)17(25)21-20-16(24)11-3-5-12(18)6-4-11/h3-9,22H,1-2H3,(H,19,23)(H,20,24)(H,21,25). The first-order valence-electron chi connectivity index (χ1n) is 7.81. The highest BCUT2D eigenvalue weighted by atomic mass is 32.2. The van der Waals surface area contributed by atoms with E-state index >= 15 is 0 Å². The third-order valence-corrected chi connectivity index (χ3v) is 3.87. The number of anilines is 2. The van der Waals surface area contributed by atoms with E-state index in [1.54, 1.807) is 0 Å². The Morgan fingerprint density at radius 2 is 1.54 bits per heavy atom. The molecular weight excluding hydrogens is 391 g/mol. The highest BCUT2D eigenvalue weighted by Gasteiger charge is 2.17. The molecule has 0 fully saturated rings. The van der Waals surface area contributed by atoms with Gasteiger partial charge in [-0.2, -0.15) is 0 Å². The van der Waals surface area contributed by atoms with Gasteiger partial charge in [-0.3, -0.25) is 30.0 Å². The third-order valence-electron chi connectivity index (χ3n) is 3.28. The third kappa shape index (κ3) is 6.06. The van der Waals surface area contributed by atoms with Crippen molar-refractivity contribution < 1.29 is 27.2 Å². The van der Waals surface area contributed by atoms with Crippen LogP contribution in [0, 0.1) is 5.82 Å². The van der Waals surface area contributed by atoms with Gasteiger partial charge in [-0.1, -0.05) is 0 Å². The predicted octanol–water partition coefficient (Wildman–Crippen LogP) is 1.23. The molecule has 0 aliphatic rings. The summed E-state index contributed by atoms with van der Waals surface area (Å²) in [7, 11) is -3.69. The molecule has 11 heteroatoms. The number of amides is 3. The van der Waals surface area contributed by atoms with Crippen molar-refractivity contribution in [3.8, 4) is 0 Å². The van der Waals surface area contributed by atoms with E-state index in [1.807, 2.05) is 0 Å². The van der Waals surface area contributed by atoms with Gasteiger partial charge in [-0.15, -0.1) is 0 Å². The lowest BCUT2D eigenvalue weighted by Crippen LogP contribution is -2.42. The van der Waals surface area contributed by atoms with E-state index in [1.165, 1.54) is 37.3 Å². The van der Waals surface area contributed by atoms with E-state index in [-0.39, 0.29) is 28.4 Å². The molecule has 2 rings (SSSR count). The number of benzene rings is 2. The summed E-state index contributed by atoms with van der Waals surface area (Å²) in [6.07, 6.45) is 0.909. The van der Waals surface area contributed by atoms with E-state index in [2.05, 4.69) is 20.9 Å². The highest BCUT2D eigenvalue weighted by molar-refractivity contribution is 7.92. The number of hydrogen-bond donors (Lipinski definition) is 4. The van der Waals surface area contributed by atoms with Crippen LogP contribution < -0.4 is 20.9 Å². The number of hydrazine groups is 1. The van der Waals surface area contributed by atoms with Crippen molar-refractivity contribution in [3.05, 3.63) is 59.4 Å². The van der Waals surface area contributed by atoms with Crippen LogP contribution in [-0.2, 0) is 14.8 Å². The maximum absolute atomic E-state index is 12.9. The first kappa shape index (κ1) is 20.8. The molecule has 2 aromatic carbocycles. The fraction of sp³-hybridized carbons (Fsp3) is 0.118. The molecule has 2 aromatic rings. The van der Waals surface area contributed by atoms with Crippen LogP contribution in [0.3, 0.4) is 0 Å². The van der Waals surface area contributed by atoms with Crippen molar-refractivity contribution in [1.82, 2.24) is 10.9 Å². The minimum absolute atomic E-state index is 0.0508. The van der Waals surface area contributed by atoms with Gasteiger partial charge >= 0.3 is 0 Å². The molecule has 0 aliphatic heterocycles. The molecule has 0 aliphatic carbocycles. The summed E-state index contributed by atoms with van der Waals surface area (Å²) in [5.74, 6) is -2.45. The molecule has 28 heavy (non-hydrogen) atoms. The molecule has 0 saturated carbocycles. The molecule has 0 atom stereocenters. The van der Waals surface area contributed by atoms with Crippen molar-refractivity contribution in [2.45, 2.75) is 6.92 Å². The van der Waals surface area contributed by atoms with Crippen LogP contribution in [0.2, 0.25) is 0 Å². The van der Waals surface area contributed by atoms with E-state index in [0.29, 0.717) is 0 Å². The van der Waals surface area contributed by atoms with Crippen LogP contribution >= 0.6 is 0 Å². The van der Waals surface area contributed by atoms with E-state index < -0.39 is 27.7 Å². The van der Waals surface area contributed by atoms with Gasteiger partial charge in [0.05, 0.1) is 17.5 Å². The lowest BCUT2D eigenvalue weighted by molar-refractivity contribution is -0.114. The summed E-state index contributed by atoms with van der Waals surface area (Å²) in [6, 6.07) is 8.57. The predicted molar refractivity (Wildman–Crippen MR) is 101 cm³/mol. The lowest BCUT2D eigenvalue weighted by atomic mass is 10.1. The van der Waals surface area contributed by atoms with Gasteiger partial charge in [0.25, 0.3) is 11.8 Å². The molecule has 0 spiro atoms. The average Bonchev–Trinajstić information content (AvgIpc) is 2.59. The Hall–Kier alpha value is -3.47. The Labute approximate surface area is 160 Å². The van der Waals surface area contributed by atoms with Gasteiger partial charge in [0, 0.05) is 18.2 Å². The minimum Gasteiger partial charge on any atom is -0.326 e. The van der Waals surface area contributed by atoms with Crippen LogP contribution in [0.25, 0.3) is 0 Å². The number of sulfonamides is 1. The van der Waals surface area contributed by atoms with E-state index in [9.17, 15) is 27.2 Å². The topological polar surface area (TPSA) is 133 Å². The zero-order valence-electron chi connectivity index (χ0n) is 14.9. The summed E-state index contributed by atoms with van der Waals surface area (Å²) >= 11 is 0. The van der Waals surface area contributed by atoms with Gasteiger partial charge in [-0.05, 0) is 42.5 Å². The molecule has 0 heterocycles. The highest BCUT2D eigenvalue weighted by Crippen LogP contribution is 2.21. The van der Waals surface area contributed by atoms with Gasteiger partial charge < -0.3 is 5.32 Å². The fourth-order valence-electron chi connectivity index (χ4n) is 2.16. The molecule has 0 radical (unpaired) electrons. The molecule has 4 N–H and O–H groups in total. The first-order chi connectivity index (χ1) is 13.0. The smallest absolute Gasteiger partial charge is 0.271 e. The normalized spacial score (nSPS) is 10.7. The summed E-state index contributed by atoms with van der Waals surface area (Å²) in [4.78, 5) is 35.6. The summed E-state index contributed by atoms with van der Waals surface area (Å²) in [5, 5.41) is 2.47. The van der Waals surface area contributed by atoms with E-state index in [0.717, 1.165) is 18.4 Å². The Kier molecular flexibility index (Phi) is 6.31. The monoisotopic (exact) mass is 408 g/mol. The molecule has 0 saturated heterocycles. The first-order valence-corrected chi connectivity index (χ1v) is 9.70. The van der Waals surface area contributed by atoms with Crippen LogP contribution in [0.15, 0.2) is 42.5 Å². The summed E-state index contributed by atoms with van der Waals surface area (Å²) < 4.78 is 38.1. The largest absolute Gasteiger partial charge is 0.326 e. The summed E-state index contributed by atoms with van der Waals surface area (Å²) in [6.45, 7) is 1.27. The van der Waals surface area contributed by atoms with Gasteiger partial charge in [-0.25, -0.2) is 12.8 Å². The Morgan fingerprint density at radius 1 is 0.929 bits per heavy atom. The van der Waals surface area contributed by atoms with Crippen LogP contribution in [-0.4, -0.2) is 32.4 Å². The number of halogens is 1. The van der Waals surface area contributed by atoms with Crippen LogP contribution in [0.4, 0.5) is 15.8 Å². The molecule has 0 aromatic heterocycles. The molecule has 9 nitrogen and oxygen atoms in total. The molecule has 0 bridgehead atoms. The SMILES string of the molecule is CC(=O)Nc1ccc(NS(C)(=O)=O)c(C(=O)NNC(=O)c2ccc(F)cc2)c1. The van der Waals surface area contributed by atoms with Gasteiger partial charge in [0.15, 0.2) is 0 Å². The van der Waals surface area contributed by atoms with Gasteiger partial charge in [0.2, 0.25) is 15.9 Å². The fourth-order valence-corrected chi connectivity index (χ4v) is 2.73. The maximum Gasteiger partial charge on any atom is 0.271 e. The van der Waals surface area contributed by atoms with Crippen molar-refractivity contribution in [2.75, 3.05) is 16.3 Å². The lowest BCUT2D eigenvalue weighted by Gasteiger charge is -2.14. The Bertz CT molecular complexity index is 1020. The zero-order chi connectivity index (χ0) is 20.9. The van der Waals surface area contributed by atoms with Crippen molar-refractivity contribution in [2.24, 2.45) is 0 Å². The molecule has 0 unspecified atom stereocenters. The number of carbonyl (C=O) groups excluding carboxylic acids is 3. The van der Waals surface area contributed by atoms with Crippen LogP contribution in [0.5, 0.6) is 0 Å².